The Balaban J connectivity index is 2.22. The SMILES string of the molecule is CC(=O)OC(C)C/C=C\CCC[C@@H]1CC(C(C)C)CC=C1C. The van der Waals surface area contributed by atoms with Crippen LogP contribution in [-0.4, -0.2) is 12.1 Å². The van der Waals surface area contributed by atoms with E-state index in [1.165, 1.54) is 32.6 Å². The highest BCUT2D eigenvalue weighted by Crippen LogP contribution is 2.35. The molecule has 22 heavy (non-hydrogen) atoms. The molecule has 1 rings (SSSR count). The number of hydrogen-bond acceptors (Lipinski definition) is 2. The summed E-state index contributed by atoms with van der Waals surface area (Å²) in [5.74, 6) is 2.26. The molecule has 2 unspecified atom stereocenters. The van der Waals surface area contributed by atoms with E-state index in [4.69, 9.17) is 4.74 Å². The van der Waals surface area contributed by atoms with Gasteiger partial charge in [-0.15, -0.1) is 0 Å². The molecule has 0 amide bonds. The predicted molar refractivity (Wildman–Crippen MR) is 93.6 cm³/mol. The zero-order valence-corrected chi connectivity index (χ0v) is 15.1. The van der Waals surface area contributed by atoms with Crippen molar-refractivity contribution >= 4 is 5.97 Å². The van der Waals surface area contributed by atoms with Crippen molar-refractivity contribution in [1.29, 1.82) is 0 Å². The molecule has 0 spiro atoms. The third kappa shape index (κ3) is 7.29. The standard InChI is InChI=1S/C20H34O2/c1-15(2)19-13-12-16(3)20(14-19)11-9-7-6-8-10-17(4)22-18(5)21/h6,8,12,15,17,19-20H,7,9-11,13-14H2,1-5H3/b8-6-/t17?,19?,20-/m1/s1. The molecule has 0 fully saturated rings. The van der Waals surface area contributed by atoms with Gasteiger partial charge in [-0.1, -0.05) is 37.6 Å². The summed E-state index contributed by atoms with van der Waals surface area (Å²) < 4.78 is 5.10. The maximum Gasteiger partial charge on any atom is 0.302 e. The Bertz CT molecular complexity index is 393. The van der Waals surface area contributed by atoms with Crippen LogP contribution in [0.2, 0.25) is 0 Å². The van der Waals surface area contributed by atoms with Gasteiger partial charge in [0, 0.05) is 13.3 Å². The summed E-state index contributed by atoms with van der Waals surface area (Å²) in [6.07, 6.45) is 14.0. The van der Waals surface area contributed by atoms with Crippen LogP contribution in [0.25, 0.3) is 0 Å². The molecule has 126 valence electrons. The first-order valence-electron chi connectivity index (χ1n) is 8.89. The maximum absolute atomic E-state index is 10.8. The molecule has 2 heteroatoms. The van der Waals surface area contributed by atoms with Crippen LogP contribution in [0.5, 0.6) is 0 Å². The summed E-state index contributed by atoms with van der Waals surface area (Å²) in [6, 6.07) is 0. The van der Waals surface area contributed by atoms with Gasteiger partial charge in [-0.05, 0) is 63.7 Å². The summed E-state index contributed by atoms with van der Waals surface area (Å²) in [4.78, 5) is 10.8. The molecule has 0 saturated carbocycles. The lowest BCUT2D eigenvalue weighted by Gasteiger charge is -2.31. The highest BCUT2D eigenvalue weighted by Gasteiger charge is 2.23. The second-order valence-electron chi connectivity index (χ2n) is 7.18. The molecule has 0 heterocycles. The predicted octanol–water partition coefficient (Wildman–Crippen LogP) is 5.68. The van der Waals surface area contributed by atoms with Crippen LogP contribution in [0, 0.1) is 17.8 Å². The maximum atomic E-state index is 10.8. The van der Waals surface area contributed by atoms with Crippen LogP contribution >= 0.6 is 0 Å². The molecule has 0 N–H and O–H groups in total. The van der Waals surface area contributed by atoms with Gasteiger partial charge in [0.25, 0.3) is 0 Å². The normalized spacial score (nSPS) is 23.6. The lowest BCUT2D eigenvalue weighted by atomic mass is 9.75. The van der Waals surface area contributed by atoms with Crippen molar-refractivity contribution in [3.63, 3.8) is 0 Å². The number of allylic oxidation sites excluding steroid dienone is 3. The molecular weight excluding hydrogens is 272 g/mol. The largest absolute Gasteiger partial charge is 0.463 e. The van der Waals surface area contributed by atoms with Gasteiger partial charge >= 0.3 is 5.97 Å². The molecule has 1 aliphatic carbocycles. The van der Waals surface area contributed by atoms with Crippen LogP contribution in [0.3, 0.4) is 0 Å². The first kappa shape index (κ1) is 19.0. The molecule has 2 nitrogen and oxygen atoms in total. The fourth-order valence-corrected chi connectivity index (χ4v) is 3.26. The monoisotopic (exact) mass is 306 g/mol. The van der Waals surface area contributed by atoms with Gasteiger partial charge in [-0.2, -0.15) is 0 Å². The summed E-state index contributed by atoms with van der Waals surface area (Å²) in [6.45, 7) is 10.4. The second-order valence-corrected chi connectivity index (χ2v) is 7.18. The van der Waals surface area contributed by atoms with Crippen molar-refractivity contribution in [2.24, 2.45) is 17.8 Å². The number of unbranched alkanes of at least 4 members (excludes halogenated alkanes) is 1. The van der Waals surface area contributed by atoms with Gasteiger partial charge in [-0.25, -0.2) is 0 Å². The fourth-order valence-electron chi connectivity index (χ4n) is 3.26. The number of rotatable bonds is 8. The summed E-state index contributed by atoms with van der Waals surface area (Å²) in [7, 11) is 0. The zero-order chi connectivity index (χ0) is 16.5. The molecule has 3 atom stereocenters. The molecule has 1 aliphatic rings. The van der Waals surface area contributed by atoms with Crippen LogP contribution < -0.4 is 0 Å². The number of carbonyl (C=O) groups excluding carboxylic acids is 1. The first-order chi connectivity index (χ1) is 10.4. The Morgan fingerprint density at radius 2 is 2.09 bits per heavy atom. The van der Waals surface area contributed by atoms with Crippen LogP contribution in [-0.2, 0) is 9.53 Å². The van der Waals surface area contributed by atoms with E-state index in [9.17, 15) is 4.79 Å². The number of ether oxygens (including phenoxy) is 1. The van der Waals surface area contributed by atoms with E-state index in [1.807, 2.05) is 6.92 Å². The van der Waals surface area contributed by atoms with Crippen molar-refractivity contribution in [2.75, 3.05) is 0 Å². The van der Waals surface area contributed by atoms with Crippen LogP contribution in [0.1, 0.15) is 73.1 Å². The van der Waals surface area contributed by atoms with Crippen LogP contribution in [0.15, 0.2) is 23.8 Å². The minimum atomic E-state index is -0.194. The molecule has 0 bridgehead atoms. The summed E-state index contributed by atoms with van der Waals surface area (Å²) in [5, 5.41) is 0. The molecule has 0 aromatic heterocycles. The van der Waals surface area contributed by atoms with Crippen molar-refractivity contribution in [2.45, 2.75) is 79.2 Å². The first-order valence-corrected chi connectivity index (χ1v) is 8.89. The number of esters is 1. The highest BCUT2D eigenvalue weighted by molar-refractivity contribution is 5.66. The van der Waals surface area contributed by atoms with E-state index in [2.05, 4.69) is 39.0 Å². The van der Waals surface area contributed by atoms with Gasteiger partial charge in [-0.3, -0.25) is 4.79 Å². The smallest absolute Gasteiger partial charge is 0.302 e. The Labute approximate surface area is 137 Å². The lowest BCUT2D eigenvalue weighted by Crippen LogP contribution is -2.19. The molecule has 0 aromatic carbocycles. The number of hydrogen-bond donors (Lipinski definition) is 0. The topological polar surface area (TPSA) is 26.3 Å². The van der Waals surface area contributed by atoms with E-state index >= 15 is 0 Å². The second kappa shape index (κ2) is 9.86. The lowest BCUT2D eigenvalue weighted by molar-refractivity contribution is -0.145. The number of carbonyl (C=O) groups is 1. The molecule has 0 aliphatic heterocycles. The summed E-state index contributed by atoms with van der Waals surface area (Å²) in [5.41, 5.74) is 1.60. The average Bonchev–Trinajstić information content (AvgIpc) is 2.43. The average molecular weight is 306 g/mol. The summed E-state index contributed by atoms with van der Waals surface area (Å²) >= 11 is 0. The molecular formula is C20H34O2. The van der Waals surface area contributed by atoms with E-state index in [-0.39, 0.29) is 12.1 Å². The van der Waals surface area contributed by atoms with Gasteiger partial charge in [0.05, 0.1) is 0 Å². The molecule has 0 aromatic rings. The Kier molecular flexibility index (Phi) is 8.52. The molecule has 0 saturated heterocycles. The van der Waals surface area contributed by atoms with Gasteiger partial charge < -0.3 is 4.74 Å². The molecule has 0 radical (unpaired) electrons. The minimum Gasteiger partial charge on any atom is -0.463 e. The minimum absolute atomic E-state index is 0.0101. The van der Waals surface area contributed by atoms with E-state index in [0.29, 0.717) is 0 Å². The van der Waals surface area contributed by atoms with E-state index in [1.54, 1.807) is 5.57 Å². The Morgan fingerprint density at radius 3 is 2.73 bits per heavy atom. The highest BCUT2D eigenvalue weighted by atomic mass is 16.5. The van der Waals surface area contributed by atoms with E-state index < -0.39 is 0 Å². The fraction of sp³-hybridized carbons (Fsp3) is 0.750. The van der Waals surface area contributed by atoms with Gasteiger partial charge in [0.15, 0.2) is 0 Å². The third-order valence-electron chi connectivity index (χ3n) is 4.84. The van der Waals surface area contributed by atoms with Crippen molar-refractivity contribution in [1.82, 2.24) is 0 Å². The Hall–Kier alpha value is -1.05. The quantitative estimate of drug-likeness (QED) is 0.327. The Morgan fingerprint density at radius 1 is 1.36 bits per heavy atom. The third-order valence-corrected chi connectivity index (χ3v) is 4.84. The van der Waals surface area contributed by atoms with Crippen molar-refractivity contribution in [3.05, 3.63) is 23.8 Å². The van der Waals surface area contributed by atoms with Crippen molar-refractivity contribution < 1.29 is 9.53 Å². The van der Waals surface area contributed by atoms with Gasteiger partial charge in [0.1, 0.15) is 6.10 Å². The van der Waals surface area contributed by atoms with E-state index in [0.717, 1.165) is 30.6 Å². The van der Waals surface area contributed by atoms with Crippen molar-refractivity contribution in [3.8, 4) is 0 Å². The van der Waals surface area contributed by atoms with Crippen LogP contribution in [0.4, 0.5) is 0 Å². The van der Waals surface area contributed by atoms with Gasteiger partial charge in [0.2, 0.25) is 0 Å². The zero-order valence-electron chi connectivity index (χ0n) is 15.1.